The highest BCUT2D eigenvalue weighted by Crippen LogP contribution is 2.25. The quantitative estimate of drug-likeness (QED) is 0.587. The number of halogens is 1. The van der Waals surface area contributed by atoms with Gasteiger partial charge in [-0.3, -0.25) is 0 Å². The van der Waals surface area contributed by atoms with Crippen molar-refractivity contribution in [2.45, 2.75) is 20.8 Å². The minimum Gasteiger partial charge on any atom is -0.337 e. The van der Waals surface area contributed by atoms with E-state index in [1.54, 1.807) is 16.8 Å². The minimum atomic E-state index is -0.283. The lowest BCUT2D eigenvalue weighted by Gasteiger charge is -2.13. The molecule has 0 atom stereocenters. The van der Waals surface area contributed by atoms with E-state index in [-0.39, 0.29) is 5.82 Å². The molecule has 2 aromatic heterocycles. The van der Waals surface area contributed by atoms with E-state index in [1.807, 2.05) is 45.0 Å². The van der Waals surface area contributed by atoms with Gasteiger partial charge < -0.3 is 5.32 Å². The lowest BCUT2D eigenvalue weighted by molar-refractivity contribution is 0.628. The topological polar surface area (TPSA) is 55.6 Å². The molecule has 5 nitrogen and oxygen atoms in total. The maximum Gasteiger partial charge on any atom is 0.197 e. The predicted molar refractivity (Wildman–Crippen MR) is 101 cm³/mol. The zero-order valence-corrected chi connectivity index (χ0v) is 14.8. The molecule has 0 saturated heterocycles. The van der Waals surface area contributed by atoms with E-state index < -0.39 is 0 Å². The number of hydrogen-bond donors (Lipinski definition) is 1. The molecule has 0 spiro atoms. The van der Waals surface area contributed by atoms with Crippen molar-refractivity contribution in [1.82, 2.24) is 19.7 Å². The number of fused-ring (bicyclic) bond motifs is 1. The van der Waals surface area contributed by atoms with Gasteiger partial charge in [0.15, 0.2) is 11.6 Å². The van der Waals surface area contributed by atoms with Crippen LogP contribution in [0.15, 0.2) is 48.5 Å². The number of nitrogens with zero attached hydrogens (tertiary/aromatic N) is 4. The SMILES string of the molecule is Cc1ccc2nc(Nc3ccc(F)cc3)c(-n3nc(C)cc3C)nc2c1. The maximum atomic E-state index is 13.2. The Morgan fingerprint density at radius 1 is 0.885 bits per heavy atom. The Morgan fingerprint density at radius 2 is 1.65 bits per heavy atom. The van der Waals surface area contributed by atoms with E-state index in [2.05, 4.69) is 10.4 Å². The second kappa shape index (κ2) is 6.22. The maximum absolute atomic E-state index is 13.2. The van der Waals surface area contributed by atoms with Crippen LogP contribution in [0.2, 0.25) is 0 Å². The lowest BCUT2D eigenvalue weighted by Crippen LogP contribution is -2.08. The molecule has 6 heteroatoms. The van der Waals surface area contributed by atoms with E-state index in [9.17, 15) is 4.39 Å². The molecule has 0 aliphatic rings. The highest BCUT2D eigenvalue weighted by molar-refractivity contribution is 5.80. The largest absolute Gasteiger partial charge is 0.337 e. The third-order valence-corrected chi connectivity index (χ3v) is 4.12. The van der Waals surface area contributed by atoms with E-state index in [1.165, 1.54) is 12.1 Å². The second-order valence-electron chi connectivity index (χ2n) is 6.36. The summed E-state index contributed by atoms with van der Waals surface area (Å²) >= 11 is 0. The van der Waals surface area contributed by atoms with Crippen LogP contribution in [0.3, 0.4) is 0 Å². The van der Waals surface area contributed by atoms with E-state index >= 15 is 0 Å². The Morgan fingerprint density at radius 3 is 2.35 bits per heavy atom. The van der Waals surface area contributed by atoms with Gasteiger partial charge in [-0.1, -0.05) is 6.07 Å². The standard InChI is InChI=1S/C20H18FN5/c1-12-4-9-17-18(10-12)24-20(26-14(3)11-13(2)25-26)19(23-17)22-16-7-5-15(21)6-8-16/h4-11H,1-3H3,(H,22,23). The van der Waals surface area contributed by atoms with E-state index in [0.29, 0.717) is 11.6 Å². The molecule has 26 heavy (non-hydrogen) atoms. The van der Waals surface area contributed by atoms with Crippen LogP contribution in [0.1, 0.15) is 17.0 Å². The van der Waals surface area contributed by atoms with Gasteiger partial charge in [0.25, 0.3) is 0 Å². The van der Waals surface area contributed by atoms with Crippen LogP contribution in [-0.4, -0.2) is 19.7 Å². The van der Waals surface area contributed by atoms with Crippen molar-refractivity contribution < 1.29 is 4.39 Å². The fourth-order valence-corrected chi connectivity index (χ4v) is 2.90. The average molecular weight is 347 g/mol. The predicted octanol–water partition coefficient (Wildman–Crippen LogP) is 4.62. The summed E-state index contributed by atoms with van der Waals surface area (Å²) in [5.41, 5.74) is 5.30. The van der Waals surface area contributed by atoms with Crippen LogP contribution < -0.4 is 5.32 Å². The Labute approximate surface area is 150 Å². The van der Waals surface area contributed by atoms with Crippen molar-refractivity contribution in [3.63, 3.8) is 0 Å². The normalized spacial score (nSPS) is 11.1. The first-order chi connectivity index (χ1) is 12.5. The highest BCUT2D eigenvalue weighted by atomic mass is 19.1. The smallest absolute Gasteiger partial charge is 0.197 e. The molecule has 4 rings (SSSR count). The molecular weight excluding hydrogens is 329 g/mol. The van der Waals surface area contributed by atoms with Crippen LogP contribution >= 0.6 is 0 Å². The molecule has 0 saturated carbocycles. The van der Waals surface area contributed by atoms with Gasteiger partial charge in [0.1, 0.15) is 5.82 Å². The number of hydrogen-bond acceptors (Lipinski definition) is 4. The molecule has 0 aliphatic heterocycles. The lowest BCUT2D eigenvalue weighted by atomic mass is 10.2. The van der Waals surface area contributed by atoms with Crippen LogP contribution in [-0.2, 0) is 0 Å². The number of nitrogens with one attached hydrogen (secondary N) is 1. The fraction of sp³-hybridized carbons (Fsp3) is 0.150. The monoisotopic (exact) mass is 347 g/mol. The molecule has 2 aromatic carbocycles. The third-order valence-electron chi connectivity index (χ3n) is 4.12. The molecule has 0 fully saturated rings. The van der Waals surface area contributed by atoms with Crippen LogP contribution in [0.25, 0.3) is 16.9 Å². The van der Waals surface area contributed by atoms with Crippen LogP contribution in [0.5, 0.6) is 0 Å². The van der Waals surface area contributed by atoms with Crippen molar-refractivity contribution in [2.75, 3.05) is 5.32 Å². The van der Waals surface area contributed by atoms with Crippen molar-refractivity contribution in [3.05, 3.63) is 71.3 Å². The first-order valence-electron chi connectivity index (χ1n) is 8.34. The van der Waals surface area contributed by atoms with Crippen LogP contribution in [0.4, 0.5) is 15.9 Å². The highest BCUT2D eigenvalue weighted by Gasteiger charge is 2.15. The molecule has 0 radical (unpaired) electrons. The van der Waals surface area contributed by atoms with Gasteiger partial charge in [0, 0.05) is 11.4 Å². The average Bonchev–Trinajstić information content (AvgIpc) is 2.94. The number of benzene rings is 2. The zero-order chi connectivity index (χ0) is 18.3. The summed E-state index contributed by atoms with van der Waals surface area (Å²) in [5.74, 6) is 0.895. The Hall–Kier alpha value is -3.28. The van der Waals surface area contributed by atoms with Gasteiger partial charge in [-0.2, -0.15) is 5.10 Å². The first kappa shape index (κ1) is 16.2. The molecule has 0 unspecified atom stereocenters. The molecular formula is C20H18FN5. The van der Waals surface area contributed by atoms with Crippen molar-refractivity contribution in [3.8, 4) is 5.82 Å². The van der Waals surface area contributed by atoms with E-state index in [0.717, 1.165) is 33.7 Å². The van der Waals surface area contributed by atoms with Crippen molar-refractivity contribution in [1.29, 1.82) is 0 Å². The van der Waals surface area contributed by atoms with E-state index in [4.69, 9.17) is 9.97 Å². The molecule has 0 bridgehead atoms. The second-order valence-corrected chi connectivity index (χ2v) is 6.36. The zero-order valence-electron chi connectivity index (χ0n) is 14.8. The summed E-state index contributed by atoms with van der Waals surface area (Å²) in [6, 6.07) is 14.1. The third kappa shape index (κ3) is 3.01. The van der Waals surface area contributed by atoms with Gasteiger partial charge in [0.2, 0.25) is 0 Å². The molecule has 1 N–H and O–H groups in total. The van der Waals surface area contributed by atoms with Crippen molar-refractivity contribution in [2.24, 2.45) is 0 Å². The molecule has 2 heterocycles. The molecule has 0 aliphatic carbocycles. The number of rotatable bonds is 3. The Kier molecular flexibility index (Phi) is 3.88. The molecule has 130 valence electrons. The van der Waals surface area contributed by atoms with Gasteiger partial charge in [0.05, 0.1) is 16.7 Å². The summed E-state index contributed by atoms with van der Waals surface area (Å²) < 4.78 is 15.0. The van der Waals surface area contributed by atoms with Gasteiger partial charge in [-0.25, -0.2) is 19.0 Å². The molecule has 0 amide bonds. The molecule has 4 aromatic rings. The number of aromatic nitrogens is 4. The summed E-state index contributed by atoms with van der Waals surface area (Å²) in [5, 5.41) is 7.78. The summed E-state index contributed by atoms with van der Waals surface area (Å²) in [6.07, 6.45) is 0. The van der Waals surface area contributed by atoms with Crippen LogP contribution in [0, 0.1) is 26.6 Å². The first-order valence-corrected chi connectivity index (χ1v) is 8.34. The number of aryl methyl sites for hydroxylation is 3. The Balaban J connectivity index is 1.90. The summed E-state index contributed by atoms with van der Waals surface area (Å²) in [4.78, 5) is 9.53. The summed E-state index contributed by atoms with van der Waals surface area (Å²) in [7, 11) is 0. The summed E-state index contributed by atoms with van der Waals surface area (Å²) in [6.45, 7) is 5.94. The van der Waals surface area contributed by atoms with Gasteiger partial charge in [-0.05, 0) is 68.8 Å². The van der Waals surface area contributed by atoms with Gasteiger partial charge >= 0.3 is 0 Å². The Bertz CT molecular complexity index is 1100. The minimum absolute atomic E-state index is 0.283. The fourth-order valence-electron chi connectivity index (χ4n) is 2.90. The van der Waals surface area contributed by atoms with Gasteiger partial charge in [-0.15, -0.1) is 0 Å². The van der Waals surface area contributed by atoms with Crippen molar-refractivity contribution >= 4 is 22.5 Å². The number of anilines is 2.